The molecule has 0 spiro atoms. The second-order valence-corrected chi connectivity index (χ2v) is 4.42. The first-order chi connectivity index (χ1) is 7.65. The monoisotopic (exact) mass is 235 g/mol. The first-order valence-electron chi connectivity index (χ1n) is 5.43. The molecular formula is C13H16ClN2+. The van der Waals surface area contributed by atoms with E-state index in [2.05, 4.69) is 29.8 Å². The Balaban J connectivity index is 2.83. The van der Waals surface area contributed by atoms with Crippen molar-refractivity contribution in [2.75, 3.05) is 14.1 Å². The highest BCUT2D eigenvalue weighted by Gasteiger charge is 2.14. The van der Waals surface area contributed by atoms with Crippen LogP contribution in [0.5, 0.6) is 0 Å². The highest BCUT2D eigenvalue weighted by atomic mass is 35.5. The predicted octanol–water partition coefficient (Wildman–Crippen LogP) is 3.01. The van der Waals surface area contributed by atoms with Gasteiger partial charge >= 0.3 is 0 Å². The number of hydrogen-bond donors (Lipinski definition) is 0. The van der Waals surface area contributed by atoms with Crippen molar-refractivity contribution in [1.82, 2.24) is 4.57 Å². The summed E-state index contributed by atoms with van der Waals surface area (Å²) in [6, 6.07) is 8.25. The molecule has 2 aromatic rings. The van der Waals surface area contributed by atoms with Crippen molar-refractivity contribution in [2.45, 2.75) is 13.5 Å². The van der Waals surface area contributed by atoms with Gasteiger partial charge in [0.05, 0.1) is 0 Å². The van der Waals surface area contributed by atoms with E-state index in [9.17, 15) is 0 Å². The molecule has 0 unspecified atom stereocenters. The van der Waals surface area contributed by atoms with Gasteiger partial charge in [-0.25, -0.2) is 4.58 Å². The molecule has 0 radical (unpaired) electrons. The normalized spacial score (nSPS) is 10.8. The standard InChI is InChI=1S/C13H16ClN2/c1-4-16-12(9-15(2)3)10-7-5-6-8-11(10)13(16)14/h5-9H,4H2,1-3H3/q+1. The van der Waals surface area contributed by atoms with Gasteiger partial charge in [0.15, 0.2) is 6.21 Å². The first kappa shape index (κ1) is 11.2. The zero-order valence-electron chi connectivity index (χ0n) is 9.87. The van der Waals surface area contributed by atoms with Crippen LogP contribution in [0.3, 0.4) is 0 Å². The van der Waals surface area contributed by atoms with Crippen LogP contribution in [-0.4, -0.2) is 29.5 Å². The van der Waals surface area contributed by atoms with E-state index in [1.165, 1.54) is 11.1 Å². The van der Waals surface area contributed by atoms with Crippen molar-refractivity contribution in [3.05, 3.63) is 35.1 Å². The van der Waals surface area contributed by atoms with Crippen LogP contribution in [0, 0.1) is 0 Å². The van der Waals surface area contributed by atoms with Crippen LogP contribution in [0.1, 0.15) is 12.6 Å². The van der Waals surface area contributed by atoms with Crippen LogP contribution in [0.25, 0.3) is 10.8 Å². The fraction of sp³-hybridized carbons (Fsp3) is 0.308. The largest absolute Gasteiger partial charge is 0.327 e. The van der Waals surface area contributed by atoms with Gasteiger partial charge in [-0.2, -0.15) is 0 Å². The Morgan fingerprint density at radius 3 is 2.44 bits per heavy atom. The Bertz CT molecular complexity index is 548. The van der Waals surface area contributed by atoms with Crippen molar-refractivity contribution < 1.29 is 4.58 Å². The molecule has 0 aliphatic carbocycles. The SMILES string of the molecule is CCn1c(Cl)c2ccccc2c1C=[N+](C)C. The third-order valence-electron chi connectivity index (χ3n) is 2.65. The Kier molecular flexibility index (Phi) is 3.01. The van der Waals surface area contributed by atoms with E-state index < -0.39 is 0 Å². The summed E-state index contributed by atoms with van der Waals surface area (Å²) in [7, 11) is 4.05. The smallest absolute Gasteiger partial charge is 0.187 e. The summed E-state index contributed by atoms with van der Waals surface area (Å²) >= 11 is 6.37. The summed E-state index contributed by atoms with van der Waals surface area (Å²) in [6.45, 7) is 2.99. The maximum atomic E-state index is 6.37. The predicted molar refractivity (Wildman–Crippen MR) is 69.9 cm³/mol. The minimum Gasteiger partial charge on any atom is -0.327 e. The summed E-state index contributed by atoms with van der Waals surface area (Å²) in [6.07, 6.45) is 2.11. The van der Waals surface area contributed by atoms with Crippen LogP contribution in [0.4, 0.5) is 0 Å². The maximum Gasteiger partial charge on any atom is 0.187 e. The average Bonchev–Trinajstić information content (AvgIpc) is 2.52. The molecule has 0 aliphatic heterocycles. The summed E-state index contributed by atoms with van der Waals surface area (Å²) in [5, 5.41) is 3.16. The van der Waals surface area contributed by atoms with Crippen molar-refractivity contribution in [2.24, 2.45) is 0 Å². The Hall–Kier alpha value is -1.28. The zero-order chi connectivity index (χ0) is 11.7. The number of aromatic nitrogens is 1. The molecule has 0 N–H and O–H groups in total. The summed E-state index contributed by atoms with van der Waals surface area (Å²) in [5.74, 6) is 0. The lowest BCUT2D eigenvalue weighted by Crippen LogP contribution is -2.06. The Morgan fingerprint density at radius 2 is 1.88 bits per heavy atom. The highest BCUT2D eigenvalue weighted by Crippen LogP contribution is 2.29. The van der Waals surface area contributed by atoms with Crippen LogP contribution in [0.2, 0.25) is 5.15 Å². The second-order valence-electron chi connectivity index (χ2n) is 4.06. The number of fused-ring (bicyclic) bond motifs is 1. The molecule has 1 heterocycles. The van der Waals surface area contributed by atoms with Gasteiger partial charge < -0.3 is 4.57 Å². The van der Waals surface area contributed by atoms with Crippen molar-refractivity contribution >= 4 is 28.6 Å². The van der Waals surface area contributed by atoms with E-state index in [1.807, 2.05) is 30.8 Å². The third-order valence-corrected chi connectivity index (χ3v) is 3.06. The Morgan fingerprint density at radius 1 is 1.25 bits per heavy atom. The van der Waals surface area contributed by atoms with E-state index >= 15 is 0 Å². The van der Waals surface area contributed by atoms with Crippen LogP contribution in [0.15, 0.2) is 24.3 Å². The summed E-state index contributed by atoms with van der Waals surface area (Å²) < 4.78 is 4.18. The fourth-order valence-corrected chi connectivity index (χ4v) is 2.35. The number of halogens is 1. The fourth-order valence-electron chi connectivity index (χ4n) is 1.98. The molecule has 0 bridgehead atoms. The molecule has 0 aliphatic rings. The molecule has 3 heteroatoms. The topological polar surface area (TPSA) is 7.94 Å². The van der Waals surface area contributed by atoms with E-state index in [4.69, 9.17) is 11.6 Å². The van der Waals surface area contributed by atoms with Gasteiger partial charge in [0.25, 0.3) is 0 Å². The molecule has 0 amide bonds. The first-order valence-corrected chi connectivity index (χ1v) is 5.81. The third kappa shape index (κ3) is 1.74. The molecule has 2 rings (SSSR count). The molecule has 0 fully saturated rings. The lowest BCUT2D eigenvalue weighted by atomic mass is 10.2. The minimum atomic E-state index is 0.825. The van der Waals surface area contributed by atoms with E-state index in [0.717, 1.165) is 17.1 Å². The number of nitrogens with zero attached hydrogens (tertiary/aromatic N) is 2. The van der Waals surface area contributed by atoms with Crippen molar-refractivity contribution in [3.8, 4) is 0 Å². The zero-order valence-corrected chi connectivity index (χ0v) is 10.6. The van der Waals surface area contributed by atoms with Crippen molar-refractivity contribution in [1.29, 1.82) is 0 Å². The minimum absolute atomic E-state index is 0.825. The van der Waals surface area contributed by atoms with Crippen molar-refractivity contribution in [3.63, 3.8) is 0 Å². The van der Waals surface area contributed by atoms with Crippen LogP contribution >= 0.6 is 11.6 Å². The lowest BCUT2D eigenvalue weighted by molar-refractivity contribution is -0.458. The summed E-state index contributed by atoms with van der Waals surface area (Å²) in [4.78, 5) is 0. The molecular weight excluding hydrogens is 220 g/mol. The van der Waals surface area contributed by atoms with Gasteiger partial charge in [-0.3, -0.25) is 0 Å². The average molecular weight is 236 g/mol. The molecule has 0 atom stereocenters. The van der Waals surface area contributed by atoms with Crippen LogP contribution < -0.4 is 0 Å². The molecule has 16 heavy (non-hydrogen) atoms. The number of benzene rings is 1. The maximum absolute atomic E-state index is 6.37. The van der Waals surface area contributed by atoms with E-state index in [0.29, 0.717) is 0 Å². The van der Waals surface area contributed by atoms with E-state index in [-0.39, 0.29) is 0 Å². The summed E-state index contributed by atoms with van der Waals surface area (Å²) in [5.41, 5.74) is 1.17. The molecule has 1 aromatic heterocycles. The van der Waals surface area contributed by atoms with E-state index in [1.54, 1.807) is 0 Å². The molecule has 2 nitrogen and oxygen atoms in total. The van der Waals surface area contributed by atoms with Gasteiger partial charge in [-0.05, 0) is 6.92 Å². The lowest BCUT2D eigenvalue weighted by Gasteiger charge is -2.01. The molecule has 0 saturated heterocycles. The van der Waals surface area contributed by atoms with Gasteiger partial charge in [-0.15, -0.1) is 0 Å². The van der Waals surface area contributed by atoms with Gasteiger partial charge in [0.1, 0.15) is 24.9 Å². The number of hydrogen-bond acceptors (Lipinski definition) is 0. The van der Waals surface area contributed by atoms with Crippen LogP contribution in [-0.2, 0) is 6.54 Å². The second kappa shape index (κ2) is 4.30. The quantitative estimate of drug-likeness (QED) is 0.559. The highest BCUT2D eigenvalue weighted by molar-refractivity contribution is 6.35. The van der Waals surface area contributed by atoms with Gasteiger partial charge in [0.2, 0.25) is 0 Å². The molecule has 0 saturated carbocycles. The number of rotatable bonds is 2. The van der Waals surface area contributed by atoms with Gasteiger partial charge in [-0.1, -0.05) is 35.9 Å². The van der Waals surface area contributed by atoms with Gasteiger partial charge in [0, 0.05) is 17.3 Å². The Labute approximate surface area is 101 Å². The molecule has 1 aromatic carbocycles. The molecule has 84 valence electrons.